The summed E-state index contributed by atoms with van der Waals surface area (Å²) in [7, 11) is 1.91. The second kappa shape index (κ2) is 2.98. The molecule has 0 fully saturated rings. The van der Waals surface area contributed by atoms with E-state index in [1.54, 1.807) is 0 Å². The minimum atomic E-state index is -0.240. The maximum atomic E-state index is 11.2. The Bertz CT molecular complexity index is 314. The van der Waals surface area contributed by atoms with Crippen LogP contribution in [0.1, 0.15) is 21.7 Å². The smallest absolute Gasteiger partial charge is 0.267 e. The number of hydrogen-bond donors (Lipinski definition) is 2. The lowest BCUT2D eigenvalue weighted by molar-refractivity contribution is 0.0953. The van der Waals surface area contributed by atoms with Crippen LogP contribution >= 0.6 is 0 Å². The molecule has 12 heavy (non-hydrogen) atoms. The predicted octanol–water partition coefficient (Wildman–Crippen LogP) is 0.245. The highest BCUT2D eigenvalue weighted by atomic mass is 16.2. The van der Waals surface area contributed by atoms with Crippen molar-refractivity contribution >= 4 is 5.91 Å². The maximum absolute atomic E-state index is 11.2. The van der Waals surface area contributed by atoms with Crippen LogP contribution < -0.4 is 11.3 Å². The second-order valence-corrected chi connectivity index (χ2v) is 2.82. The van der Waals surface area contributed by atoms with Crippen LogP contribution in [0.3, 0.4) is 0 Å². The van der Waals surface area contributed by atoms with Crippen LogP contribution in [0.2, 0.25) is 0 Å². The SMILES string of the molecule is Cc1cc(C(=O)NN)c(C)n1C. The monoisotopic (exact) mass is 167 g/mol. The zero-order valence-corrected chi connectivity index (χ0v) is 7.51. The molecule has 1 aromatic rings. The number of carbonyl (C=O) groups excluding carboxylic acids is 1. The number of rotatable bonds is 1. The van der Waals surface area contributed by atoms with Gasteiger partial charge in [0.25, 0.3) is 5.91 Å². The topological polar surface area (TPSA) is 60.1 Å². The summed E-state index contributed by atoms with van der Waals surface area (Å²) >= 11 is 0. The number of aromatic nitrogens is 1. The van der Waals surface area contributed by atoms with Crippen LogP contribution in [0, 0.1) is 13.8 Å². The molecule has 0 saturated heterocycles. The first kappa shape index (κ1) is 8.80. The third-order valence-electron chi connectivity index (χ3n) is 2.15. The van der Waals surface area contributed by atoms with Crippen LogP contribution in [-0.2, 0) is 7.05 Å². The molecule has 0 aliphatic heterocycles. The molecule has 0 atom stereocenters. The number of hydrazine groups is 1. The van der Waals surface area contributed by atoms with Crippen LogP contribution in [0.4, 0.5) is 0 Å². The number of nitrogen functional groups attached to an aromatic ring is 1. The second-order valence-electron chi connectivity index (χ2n) is 2.82. The van der Waals surface area contributed by atoms with E-state index in [2.05, 4.69) is 5.43 Å². The lowest BCUT2D eigenvalue weighted by Crippen LogP contribution is -2.30. The minimum Gasteiger partial charge on any atom is -0.351 e. The van der Waals surface area contributed by atoms with Crippen molar-refractivity contribution in [3.63, 3.8) is 0 Å². The molecule has 0 spiro atoms. The molecule has 1 aromatic heterocycles. The fraction of sp³-hybridized carbons (Fsp3) is 0.375. The first-order chi connectivity index (χ1) is 5.57. The first-order valence-electron chi connectivity index (χ1n) is 3.71. The first-order valence-corrected chi connectivity index (χ1v) is 3.71. The van der Waals surface area contributed by atoms with Crippen molar-refractivity contribution in [2.45, 2.75) is 13.8 Å². The molecule has 0 bridgehead atoms. The van der Waals surface area contributed by atoms with Gasteiger partial charge in [-0.2, -0.15) is 0 Å². The van der Waals surface area contributed by atoms with E-state index in [9.17, 15) is 4.79 Å². The predicted molar refractivity (Wildman–Crippen MR) is 46.5 cm³/mol. The molecule has 0 aromatic carbocycles. The highest BCUT2D eigenvalue weighted by Gasteiger charge is 2.11. The van der Waals surface area contributed by atoms with E-state index in [-0.39, 0.29) is 5.91 Å². The van der Waals surface area contributed by atoms with E-state index < -0.39 is 0 Å². The van der Waals surface area contributed by atoms with E-state index >= 15 is 0 Å². The highest BCUT2D eigenvalue weighted by Crippen LogP contribution is 2.12. The Hall–Kier alpha value is -1.29. The zero-order chi connectivity index (χ0) is 9.30. The average Bonchev–Trinajstić information content (AvgIpc) is 2.32. The summed E-state index contributed by atoms with van der Waals surface area (Å²) in [4.78, 5) is 11.2. The normalized spacial score (nSPS) is 10.0. The van der Waals surface area contributed by atoms with Crippen molar-refractivity contribution in [1.82, 2.24) is 9.99 Å². The fourth-order valence-corrected chi connectivity index (χ4v) is 1.16. The number of aryl methyl sites for hydroxylation is 1. The molecular weight excluding hydrogens is 154 g/mol. The molecule has 1 amide bonds. The van der Waals surface area contributed by atoms with E-state index in [4.69, 9.17) is 5.84 Å². The van der Waals surface area contributed by atoms with E-state index in [0.29, 0.717) is 5.56 Å². The fourth-order valence-electron chi connectivity index (χ4n) is 1.16. The lowest BCUT2D eigenvalue weighted by atomic mass is 10.2. The molecule has 1 rings (SSSR count). The van der Waals surface area contributed by atoms with Gasteiger partial charge >= 0.3 is 0 Å². The van der Waals surface area contributed by atoms with Gasteiger partial charge in [0.05, 0.1) is 5.56 Å². The third-order valence-corrected chi connectivity index (χ3v) is 2.15. The molecular formula is C8H13N3O. The molecule has 0 radical (unpaired) electrons. The van der Waals surface area contributed by atoms with Gasteiger partial charge in [-0.3, -0.25) is 10.2 Å². The largest absolute Gasteiger partial charge is 0.351 e. The van der Waals surface area contributed by atoms with E-state index in [1.807, 2.05) is 31.5 Å². The number of nitrogens with two attached hydrogens (primary N) is 1. The number of amides is 1. The Labute approximate surface area is 71.3 Å². The van der Waals surface area contributed by atoms with Crippen molar-refractivity contribution in [2.75, 3.05) is 0 Å². The maximum Gasteiger partial charge on any atom is 0.267 e. The Balaban J connectivity index is 3.17. The van der Waals surface area contributed by atoms with Gasteiger partial charge in [0.15, 0.2) is 0 Å². The highest BCUT2D eigenvalue weighted by molar-refractivity contribution is 5.95. The van der Waals surface area contributed by atoms with Crippen molar-refractivity contribution in [1.29, 1.82) is 0 Å². The third kappa shape index (κ3) is 1.21. The van der Waals surface area contributed by atoms with Crippen LogP contribution in [0.15, 0.2) is 6.07 Å². The number of nitrogens with zero attached hydrogens (tertiary/aromatic N) is 1. The number of carbonyl (C=O) groups is 1. The molecule has 0 unspecified atom stereocenters. The minimum absolute atomic E-state index is 0.240. The summed E-state index contributed by atoms with van der Waals surface area (Å²) in [5.74, 6) is 4.78. The van der Waals surface area contributed by atoms with E-state index in [0.717, 1.165) is 11.4 Å². The van der Waals surface area contributed by atoms with Crippen LogP contribution in [0.25, 0.3) is 0 Å². The van der Waals surface area contributed by atoms with Gasteiger partial charge < -0.3 is 4.57 Å². The van der Waals surface area contributed by atoms with Gasteiger partial charge in [-0.25, -0.2) is 5.84 Å². The number of hydrogen-bond acceptors (Lipinski definition) is 2. The summed E-state index contributed by atoms with van der Waals surface area (Å²) in [6.07, 6.45) is 0. The van der Waals surface area contributed by atoms with Crippen molar-refractivity contribution < 1.29 is 4.79 Å². The Morgan fingerprint density at radius 2 is 2.17 bits per heavy atom. The van der Waals surface area contributed by atoms with E-state index in [1.165, 1.54) is 0 Å². The van der Waals surface area contributed by atoms with Gasteiger partial charge in [0.1, 0.15) is 0 Å². The lowest BCUT2D eigenvalue weighted by Gasteiger charge is -2.00. The summed E-state index contributed by atoms with van der Waals surface area (Å²) in [6, 6.07) is 1.82. The van der Waals surface area contributed by atoms with Crippen molar-refractivity contribution in [3.8, 4) is 0 Å². The Morgan fingerprint density at radius 3 is 2.50 bits per heavy atom. The summed E-state index contributed by atoms with van der Waals surface area (Å²) in [6.45, 7) is 3.83. The van der Waals surface area contributed by atoms with Crippen molar-refractivity contribution in [2.24, 2.45) is 12.9 Å². The van der Waals surface area contributed by atoms with Gasteiger partial charge in [0.2, 0.25) is 0 Å². The molecule has 66 valence electrons. The average molecular weight is 167 g/mol. The Kier molecular flexibility index (Phi) is 2.19. The van der Waals surface area contributed by atoms with Crippen molar-refractivity contribution in [3.05, 3.63) is 23.0 Å². The van der Waals surface area contributed by atoms with Gasteiger partial charge in [-0.15, -0.1) is 0 Å². The van der Waals surface area contributed by atoms with Gasteiger partial charge in [0, 0.05) is 18.4 Å². The molecule has 1 heterocycles. The quantitative estimate of drug-likeness (QED) is 0.358. The molecule has 4 nitrogen and oxygen atoms in total. The van der Waals surface area contributed by atoms with Gasteiger partial charge in [-0.05, 0) is 19.9 Å². The summed E-state index contributed by atoms with van der Waals surface area (Å²) < 4.78 is 1.95. The molecule has 0 aliphatic rings. The molecule has 4 heteroatoms. The van der Waals surface area contributed by atoms with Crippen LogP contribution in [0.5, 0.6) is 0 Å². The molecule has 0 aliphatic carbocycles. The van der Waals surface area contributed by atoms with Gasteiger partial charge in [-0.1, -0.05) is 0 Å². The summed E-state index contributed by atoms with van der Waals surface area (Å²) in [5.41, 5.74) is 4.72. The Morgan fingerprint density at radius 1 is 1.58 bits per heavy atom. The summed E-state index contributed by atoms with van der Waals surface area (Å²) in [5, 5.41) is 0. The standard InChI is InChI=1S/C8H13N3O/c1-5-4-7(8(12)10-9)6(2)11(5)3/h4H,9H2,1-3H3,(H,10,12). The molecule has 0 saturated carbocycles. The number of nitrogens with one attached hydrogen (secondary N) is 1. The molecule has 3 N–H and O–H groups in total. The zero-order valence-electron chi connectivity index (χ0n) is 7.51. The van der Waals surface area contributed by atoms with Crippen LogP contribution in [-0.4, -0.2) is 10.5 Å².